The molecule has 0 spiro atoms. The number of hydrogen-bond donors (Lipinski definition) is 1. The number of halogens is 1. The molecule has 0 aliphatic heterocycles. The Morgan fingerprint density at radius 3 is 2.67 bits per heavy atom. The molecule has 1 unspecified atom stereocenters. The van der Waals surface area contributed by atoms with E-state index >= 15 is 0 Å². The summed E-state index contributed by atoms with van der Waals surface area (Å²) in [5.41, 5.74) is 7.86. The summed E-state index contributed by atoms with van der Waals surface area (Å²) < 4.78 is 5.26. The van der Waals surface area contributed by atoms with Crippen LogP contribution >= 0.6 is 11.6 Å². The Morgan fingerprint density at radius 1 is 1.33 bits per heavy atom. The van der Waals surface area contributed by atoms with Gasteiger partial charge in [0.15, 0.2) is 5.82 Å². The molecule has 2 aromatic rings. The number of aromatic nitrogens is 2. The van der Waals surface area contributed by atoms with E-state index in [1.807, 2.05) is 32.9 Å². The molecule has 5 heteroatoms. The van der Waals surface area contributed by atoms with Crippen molar-refractivity contribution >= 4 is 11.6 Å². The maximum atomic E-state index is 5.99. The van der Waals surface area contributed by atoms with Crippen LogP contribution in [0.4, 0.5) is 0 Å². The Labute approximate surface area is 111 Å². The lowest BCUT2D eigenvalue weighted by Gasteiger charge is -2.09. The molecule has 1 aromatic heterocycles. The smallest absolute Gasteiger partial charge is 0.258 e. The second-order valence-corrected chi connectivity index (χ2v) is 5.12. The molecule has 1 atom stereocenters. The van der Waals surface area contributed by atoms with Gasteiger partial charge in [-0.15, -0.1) is 0 Å². The lowest BCUT2D eigenvalue weighted by atomic mass is 10.1. The number of aryl methyl sites for hydroxylation is 1. The van der Waals surface area contributed by atoms with Gasteiger partial charge >= 0.3 is 0 Å². The molecule has 4 nitrogen and oxygen atoms in total. The van der Waals surface area contributed by atoms with E-state index in [0.717, 1.165) is 11.1 Å². The zero-order chi connectivity index (χ0) is 13.3. The monoisotopic (exact) mass is 265 g/mol. The fourth-order valence-corrected chi connectivity index (χ4v) is 1.87. The Hall–Kier alpha value is -1.39. The number of nitrogens with two attached hydrogens (primary N) is 1. The van der Waals surface area contributed by atoms with Crippen molar-refractivity contribution in [3.63, 3.8) is 0 Å². The van der Waals surface area contributed by atoms with Crippen LogP contribution in [0.1, 0.15) is 31.3 Å². The topological polar surface area (TPSA) is 64.9 Å². The molecule has 0 aliphatic rings. The van der Waals surface area contributed by atoms with E-state index in [9.17, 15) is 0 Å². The first-order valence-electron chi connectivity index (χ1n) is 5.84. The van der Waals surface area contributed by atoms with Gasteiger partial charge in [0.25, 0.3) is 5.89 Å². The van der Waals surface area contributed by atoms with Crippen LogP contribution in [-0.4, -0.2) is 10.1 Å². The number of hydrogen-bond acceptors (Lipinski definition) is 4. The molecule has 1 heterocycles. The summed E-state index contributed by atoms with van der Waals surface area (Å²) in [6, 6.07) is 5.32. The molecule has 0 saturated heterocycles. The third-order valence-electron chi connectivity index (χ3n) is 2.88. The minimum absolute atomic E-state index is 0.213. The van der Waals surface area contributed by atoms with Gasteiger partial charge in [-0.3, -0.25) is 0 Å². The Bertz CT molecular complexity index is 551. The maximum absolute atomic E-state index is 5.99. The standard InChI is InChI=1S/C13H16ClN3O/c1-7(2)11(15)12-16-13(18-17-12)10-5-4-9(14)6-8(10)3/h4-7,11H,15H2,1-3H3. The van der Waals surface area contributed by atoms with Crippen LogP contribution in [0.2, 0.25) is 5.02 Å². The first kappa shape index (κ1) is 13.1. The first-order valence-corrected chi connectivity index (χ1v) is 6.22. The Kier molecular flexibility index (Phi) is 3.68. The predicted molar refractivity (Wildman–Crippen MR) is 71.2 cm³/mol. The highest BCUT2D eigenvalue weighted by molar-refractivity contribution is 6.30. The van der Waals surface area contributed by atoms with Gasteiger partial charge < -0.3 is 10.3 Å². The fraction of sp³-hybridized carbons (Fsp3) is 0.385. The normalized spacial score (nSPS) is 13.0. The SMILES string of the molecule is Cc1cc(Cl)ccc1-c1nc(C(N)C(C)C)no1. The van der Waals surface area contributed by atoms with Crippen LogP contribution in [0.25, 0.3) is 11.5 Å². The molecule has 0 bridgehead atoms. The van der Waals surface area contributed by atoms with Crippen molar-refractivity contribution in [2.45, 2.75) is 26.8 Å². The van der Waals surface area contributed by atoms with Gasteiger partial charge in [0.1, 0.15) is 0 Å². The third-order valence-corrected chi connectivity index (χ3v) is 3.11. The van der Waals surface area contributed by atoms with E-state index in [4.69, 9.17) is 21.9 Å². The van der Waals surface area contributed by atoms with Crippen molar-refractivity contribution in [1.29, 1.82) is 0 Å². The highest BCUT2D eigenvalue weighted by Crippen LogP contribution is 2.26. The summed E-state index contributed by atoms with van der Waals surface area (Å²) in [5.74, 6) is 1.28. The van der Waals surface area contributed by atoms with Crippen LogP contribution in [0.3, 0.4) is 0 Å². The Morgan fingerprint density at radius 2 is 2.06 bits per heavy atom. The molecule has 0 aliphatic carbocycles. The number of rotatable bonds is 3. The van der Waals surface area contributed by atoms with Gasteiger partial charge in [0, 0.05) is 10.6 Å². The zero-order valence-electron chi connectivity index (χ0n) is 10.6. The summed E-state index contributed by atoms with van der Waals surface area (Å²) in [7, 11) is 0. The molecule has 1 aromatic carbocycles. The second kappa shape index (κ2) is 5.08. The van der Waals surface area contributed by atoms with Gasteiger partial charge in [-0.05, 0) is 36.6 Å². The lowest BCUT2D eigenvalue weighted by Crippen LogP contribution is -2.18. The minimum Gasteiger partial charge on any atom is -0.334 e. The molecule has 18 heavy (non-hydrogen) atoms. The van der Waals surface area contributed by atoms with Crippen molar-refractivity contribution in [1.82, 2.24) is 10.1 Å². The second-order valence-electron chi connectivity index (χ2n) is 4.69. The van der Waals surface area contributed by atoms with Gasteiger partial charge in [-0.2, -0.15) is 4.98 Å². The first-order chi connectivity index (χ1) is 8.49. The highest BCUT2D eigenvalue weighted by atomic mass is 35.5. The highest BCUT2D eigenvalue weighted by Gasteiger charge is 2.18. The summed E-state index contributed by atoms with van der Waals surface area (Å²) in [6.45, 7) is 6.00. The molecule has 0 saturated carbocycles. The summed E-state index contributed by atoms with van der Waals surface area (Å²) in [4.78, 5) is 4.35. The largest absolute Gasteiger partial charge is 0.334 e. The molecular weight excluding hydrogens is 250 g/mol. The lowest BCUT2D eigenvalue weighted by molar-refractivity contribution is 0.400. The van der Waals surface area contributed by atoms with Crippen LogP contribution < -0.4 is 5.73 Å². The van der Waals surface area contributed by atoms with E-state index in [1.165, 1.54) is 0 Å². The molecular formula is C13H16ClN3O. The van der Waals surface area contributed by atoms with Crippen molar-refractivity contribution in [3.05, 3.63) is 34.6 Å². The van der Waals surface area contributed by atoms with E-state index in [2.05, 4.69) is 10.1 Å². The average Bonchev–Trinajstić information content (AvgIpc) is 2.77. The average molecular weight is 266 g/mol. The fourth-order valence-electron chi connectivity index (χ4n) is 1.64. The van der Waals surface area contributed by atoms with Crippen LogP contribution in [0, 0.1) is 12.8 Å². The molecule has 0 amide bonds. The van der Waals surface area contributed by atoms with Crippen LogP contribution in [-0.2, 0) is 0 Å². The van der Waals surface area contributed by atoms with E-state index in [0.29, 0.717) is 16.7 Å². The van der Waals surface area contributed by atoms with Gasteiger partial charge in [0.2, 0.25) is 0 Å². The number of nitrogens with zero attached hydrogens (tertiary/aromatic N) is 2. The van der Waals surface area contributed by atoms with Crippen molar-refractivity contribution in [2.24, 2.45) is 11.7 Å². The number of benzene rings is 1. The van der Waals surface area contributed by atoms with Crippen molar-refractivity contribution < 1.29 is 4.52 Å². The van der Waals surface area contributed by atoms with Crippen molar-refractivity contribution in [2.75, 3.05) is 0 Å². The Balaban J connectivity index is 2.35. The quantitative estimate of drug-likeness (QED) is 0.924. The van der Waals surface area contributed by atoms with Crippen molar-refractivity contribution in [3.8, 4) is 11.5 Å². The molecule has 0 radical (unpaired) electrons. The minimum atomic E-state index is -0.213. The zero-order valence-corrected chi connectivity index (χ0v) is 11.4. The molecule has 0 fully saturated rings. The summed E-state index contributed by atoms with van der Waals surface area (Å²) >= 11 is 5.91. The summed E-state index contributed by atoms with van der Waals surface area (Å²) in [5, 5.41) is 4.62. The van der Waals surface area contributed by atoms with E-state index in [-0.39, 0.29) is 12.0 Å². The van der Waals surface area contributed by atoms with Gasteiger partial charge in [0.05, 0.1) is 6.04 Å². The molecule has 2 N–H and O–H groups in total. The molecule has 2 rings (SSSR count). The van der Waals surface area contributed by atoms with Gasteiger partial charge in [-0.25, -0.2) is 0 Å². The van der Waals surface area contributed by atoms with Crippen LogP contribution in [0.5, 0.6) is 0 Å². The molecule has 96 valence electrons. The van der Waals surface area contributed by atoms with Crippen LogP contribution in [0.15, 0.2) is 22.7 Å². The maximum Gasteiger partial charge on any atom is 0.258 e. The predicted octanol–water partition coefficient (Wildman–Crippen LogP) is 3.35. The summed E-state index contributed by atoms with van der Waals surface area (Å²) in [6.07, 6.45) is 0. The van der Waals surface area contributed by atoms with E-state index in [1.54, 1.807) is 6.07 Å². The van der Waals surface area contributed by atoms with E-state index < -0.39 is 0 Å². The van der Waals surface area contributed by atoms with Gasteiger partial charge in [-0.1, -0.05) is 30.6 Å². The third kappa shape index (κ3) is 2.54.